The van der Waals surface area contributed by atoms with Gasteiger partial charge in [0, 0.05) is 39.9 Å². The first-order chi connectivity index (χ1) is 19.7. The molecule has 0 aliphatic rings. The highest BCUT2D eigenvalue weighted by molar-refractivity contribution is 6.81. The second-order valence-corrected chi connectivity index (χ2v) is 13.0. The van der Waals surface area contributed by atoms with E-state index in [0.29, 0.717) is 11.7 Å². The highest BCUT2D eigenvalue weighted by Crippen LogP contribution is 2.34. The van der Waals surface area contributed by atoms with E-state index in [1.165, 1.54) is 20.3 Å². The Kier molecular flexibility index (Phi) is 11.5. The van der Waals surface area contributed by atoms with Crippen LogP contribution in [0.3, 0.4) is 0 Å². The van der Waals surface area contributed by atoms with Gasteiger partial charge in [0.1, 0.15) is 5.75 Å². The molecule has 0 radical (unpaired) electrons. The van der Waals surface area contributed by atoms with Crippen molar-refractivity contribution in [2.24, 2.45) is 0 Å². The summed E-state index contributed by atoms with van der Waals surface area (Å²) in [7, 11) is 7.71. The lowest BCUT2D eigenvalue weighted by atomic mass is 10.3. The van der Waals surface area contributed by atoms with E-state index in [4.69, 9.17) is 27.5 Å². The fourth-order valence-electron chi connectivity index (χ4n) is 4.25. The van der Waals surface area contributed by atoms with Crippen LogP contribution in [-0.4, -0.2) is 91.5 Å². The second-order valence-electron chi connectivity index (χ2n) is 9.42. The van der Waals surface area contributed by atoms with Gasteiger partial charge in [0.25, 0.3) is 11.9 Å². The van der Waals surface area contributed by atoms with Crippen molar-refractivity contribution in [2.45, 2.75) is 26.3 Å². The number of nitrogens with one attached hydrogen (secondary N) is 1. The number of nitrogens with zero attached hydrogens (tertiary/aromatic N) is 4. The predicted octanol–water partition coefficient (Wildman–Crippen LogP) is 3.87. The summed E-state index contributed by atoms with van der Waals surface area (Å²) in [6.45, 7) is 6.40. The van der Waals surface area contributed by atoms with Crippen LogP contribution in [0, 0.1) is 0 Å². The van der Waals surface area contributed by atoms with E-state index in [-0.39, 0.29) is 29.2 Å². The molecule has 41 heavy (non-hydrogen) atoms. The molecule has 2 aromatic heterocycles. The third-order valence-corrected chi connectivity index (χ3v) is 9.91. The molecular weight excluding hydrogens is 546 g/mol. The zero-order valence-electron chi connectivity index (χ0n) is 25.1. The Morgan fingerprint density at radius 2 is 1.63 bits per heavy atom. The fraction of sp³-hybridized carbons (Fsp3) is 0.464. The summed E-state index contributed by atoms with van der Waals surface area (Å²) in [6.07, 6.45) is 0.910. The van der Waals surface area contributed by atoms with Crippen LogP contribution >= 0.6 is 0 Å². The van der Waals surface area contributed by atoms with Gasteiger partial charge in [0.15, 0.2) is 11.4 Å². The number of furan rings is 1. The van der Waals surface area contributed by atoms with Crippen molar-refractivity contribution in [1.29, 1.82) is 0 Å². The molecule has 3 rings (SSSR count). The van der Waals surface area contributed by atoms with Crippen LogP contribution < -0.4 is 29.6 Å². The van der Waals surface area contributed by atoms with E-state index >= 15 is 0 Å². The number of hydrogen-bond acceptors (Lipinski definition) is 11. The van der Waals surface area contributed by atoms with Gasteiger partial charge in [-0.05, 0) is 49.9 Å². The quantitative estimate of drug-likeness (QED) is 0.246. The van der Waals surface area contributed by atoms with Gasteiger partial charge in [-0.1, -0.05) is 26.0 Å². The van der Waals surface area contributed by atoms with Crippen LogP contribution in [0.25, 0.3) is 0 Å². The van der Waals surface area contributed by atoms with E-state index in [1.54, 1.807) is 26.4 Å². The van der Waals surface area contributed by atoms with Crippen LogP contribution in [0.4, 0.5) is 11.6 Å². The number of likely N-dealkylation sites (N-methyl/N-ethyl adjacent to an activating group) is 1. The number of methoxy groups -OCH3 is 2. The van der Waals surface area contributed by atoms with Gasteiger partial charge in [0.2, 0.25) is 17.7 Å². The average Bonchev–Trinajstić information content (AvgIpc) is 3.45. The first-order valence-corrected chi connectivity index (χ1v) is 15.5. The van der Waals surface area contributed by atoms with Crippen LogP contribution in [0.1, 0.15) is 30.8 Å². The molecule has 13 heteroatoms. The van der Waals surface area contributed by atoms with Crippen LogP contribution in [-0.2, 0) is 8.85 Å². The van der Waals surface area contributed by atoms with E-state index in [9.17, 15) is 4.79 Å². The number of carbonyl (C=O) groups is 1. The Balaban J connectivity index is 1.81. The number of hydrogen-bond donors (Lipinski definition) is 1. The summed E-state index contributed by atoms with van der Waals surface area (Å²) in [4.78, 5) is 26.4. The lowest BCUT2D eigenvalue weighted by molar-refractivity contribution is 0.0990. The summed E-state index contributed by atoms with van der Waals surface area (Å²) in [5, 5.41) is 3.68. The van der Waals surface area contributed by atoms with Crippen molar-refractivity contribution >= 4 is 31.3 Å². The zero-order valence-corrected chi connectivity index (χ0v) is 26.1. The molecule has 0 unspecified atom stereocenters. The summed E-state index contributed by atoms with van der Waals surface area (Å²) in [5.74, 6) is 0.948. The molecule has 0 spiro atoms. The van der Waals surface area contributed by atoms with Gasteiger partial charge in [-0.3, -0.25) is 4.79 Å². The van der Waals surface area contributed by atoms with Crippen LogP contribution in [0.2, 0.25) is 6.04 Å². The van der Waals surface area contributed by atoms with Gasteiger partial charge in [-0.2, -0.15) is 9.97 Å². The van der Waals surface area contributed by atoms with Gasteiger partial charge in [-0.15, -0.1) is 0 Å². The Morgan fingerprint density at radius 1 is 0.951 bits per heavy atom. The molecule has 0 atom stereocenters. The second kappa shape index (κ2) is 14.8. The maximum atomic E-state index is 13.1. The maximum absolute atomic E-state index is 13.1. The number of rotatable bonds is 16. The summed E-state index contributed by atoms with van der Waals surface area (Å²) >= 11 is 0. The molecule has 12 nitrogen and oxygen atoms in total. The summed E-state index contributed by atoms with van der Waals surface area (Å²) < 4.78 is 34.2. The molecule has 1 amide bonds. The molecule has 224 valence electrons. The lowest BCUT2D eigenvalue weighted by Gasteiger charge is -2.26. The molecule has 0 saturated heterocycles. The molecule has 1 aromatic carbocycles. The predicted molar refractivity (Wildman–Crippen MR) is 159 cm³/mol. The number of benzene rings is 1. The Morgan fingerprint density at radius 3 is 2.20 bits per heavy atom. The highest BCUT2D eigenvalue weighted by atomic mass is 28.4. The number of anilines is 2. The molecule has 1 N–H and O–H groups in total. The van der Waals surface area contributed by atoms with Gasteiger partial charge < -0.3 is 42.6 Å². The first-order valence-electron chi connectivity index (χ1n) is 13.4. The largest absolute Gasteiger partial charge is 0.479 e. The Bertz CT molecular complexity index is 1250. The highest BCUT2D eigenvalue weighted by Gasteiger charge is 2.36. The first kappa shape index (κ1) is 31.9. The minimum absolute atomic E-state index is 0.0222. The Hall–Kier alpha value is -3.65. The standard InChI is InChI=1S/C28H41N5O7Si/c1-9-16-33(18-17-32(3)4)28-30-26(35-5)24(27(31-28)36-6)29-25(34)22-14-15-23(40-22)39-20-12-11-13-21(19-20)41(10-2,37-7)38-8/h11-15,19H,9-10,16-18H2,1-8H3,(H,29,34). The fourth-order valence-corrected chi connectivity index (χ4v) is 6.59. The SMILES string of the molecule is CCCN(CCN(C)C)c1nc(OC)c(NC(=O)c2ccc(Oc3cccc([Si](CC)(OC)OC)c3)o2)c(OC)n1. The zero-order chi connectivity index (χ0) is 30.0. The van der Waals surface area contributed by atoms with E-state index in [2.05, 4.69) is 27.1 Å². The molecule has 0 aliphatic carbocycles. The monoisotopic (exact) mass is 587 g/mol. The minimum Gasteiger partial charge on any atom is -0.479 e. The third kappa shape index (κ3) is 7.76. The van der Waals surface area contributed by atoms with Crippen LogP contribution in [0.5, 0.6) is 23.5 Å². The topological polar surface area (TPSA) is 121 Å². The third-order valence-electron chi connectivity index (χ3n) is 6.47. The van der Waals surface area contributed by atoms with Gasteiger partial charge in [-0.25, -0.2) is 0 Å². The normalized spacial score (nSPS) is 11.4. The van der Waals surface area contributed by atoms with Crippen molar-refractivity contribution in [2.75, 3.05) is 72.4 Å². The molecule has 0 saturated carbocycles. The van der Waals surface area contributed by atoms with Crippen molar-refractivity contribution < 1.29 is 32.3 Å². The number of amides is 1. The van der Waals surface area contributed by atoms with Gasteiger partial charge >= 0.3 is 8.56 Å². The van der Waals surface area contributed by atoms with Gasteiger partial charge in [0.05, 0.1) is 14.2 Å². The smallest absolute Gasteiger partial charge is 0.371 e. The van der Waals surface area contributed by atoms with Crippen molar-refractivity contribution in [3.05, 3.63) is 42.2 Å². The average molecular weight is 588 g/mol. The van der Waals surface area contributed by atoms with Crippen molar-refractivity contribution in [1.82, 2.24) is 14.9 Å². The van der Waals surface area contributed by atoms with Crippen molar-refractivity contribution in [3.8, 4) is 23.5 Å². The summed E-state index contributed by atoms with van der Waals surface area (Å²) in [5.41, 5.74) is 0.194. The number of aromatic nitrogens is 2. The maximum Gasteiger partial charge on any atom is 0.371 e. The van der Waals surface area contributed by atoms with E-state index < -0.39 is 14.5 Å². The minimum atomic E-state index is -2.56. The number of ether oxygens (including phenoxy) is 3. The Labute approximate surface area is 242 Å². The number of carbonyl (C=O) groups excluding carboxylic acids is 1. The van der Waals surface area contributed by atoms with E-state index in [1.807, 2.05) is 44.1 Å². The molecule has 3 aromatic rings. The van der Waals surface area contributed by atoms with E-state index in [0.717, 1.165) is 37.3 Å². The molecule has 0 aliphatic heterocycles. The molecule has 2 heterocycles. The molecule has 0 fully saturated rings. The summed E-state index contributed by atoms with van der Waals surface area (Å²) in [6, 6.07) is 11.3. The van der Waals surface area contributed by atoms with Crippen LogP contribution in [0.15, 0.2) is 40.8 Å². The molecule has 0 bridgehead atoms. The molecular formula is C28H41N5O7Si. The van der Waals surface area contributed by atoms with Crippen molar-refractivity contribution in [3.63, 3.8) is 0 Å². The lowest BCUT2D eigenvalue weighted by Crippen LogP contribution is -2.51.